The van der Waals surface area contributed by atoms with E-state index in [0.717, 1.165) is 12.3 Å². The molecular weight excluding hydrogens is 174 g/mol. The topological polar surface area (TPSA) is 35.2 Å². The van der Waals surface area contributed by atoms with Gasteiger partial charge in [-0.3, -0.25) is 0 Å². The smallest absolute Gasteiger partial charge is 0.0784 e. The Kier molecular flexibility index (Phi) is 2.61. The zero-order chi connectivity index (χ0) is 10.2. The molecule has 0 aromatic heterocycles. The molecule has 0 amide bonds. The average molecular weight is 197 g/mol. The van der Waals surface area contributed by atoms with Crippen LogP contribution in [0.25, 0.3) is 0 Å². The lowest BCUT2D eigenvalue weighted by molar-refractivity contribution is -0.110. The van der Waals surface area contributed by atoms with Crippen molar-refractivity contribution in [3.05, 3.63) is 0 Å². The lowest BCUT2D eigenvalue weighted by Gasteiger charge is -2.34. The molecule has 2 heteroatoms. The summed E-state index contributed by atoms with van der Waals surface area (Å²) >= 11 is 0. The molecule has 2 fully saturated rings. The standard InChI is InChI=1S/C12H23NO/c1-3-10-5-4-6-12(10)8-7-11(2,9-13)14-12/h10H,3-9,13H2,1-2H3. The van der Waals surface area contributed by atoms with Crippen LogP contribution < -0.4 is 5.73 Å². The third-order valence-corrected chi connectivity index (χ3v) is 4.35. The molecule has 1 spiro atoms. The van der Waals surface area contributed by atoms with Gasteiger partial charge in [-0.15, -0.1) is 0 Å². The predicted molar refractivity (Wildman–Crippen MR) is 58.1 cm³/mol. The first kappa shape index (κ1) is 10.4. The van der Waals surface area contributed by atoms with Crippen molar-refractivity contribution in [2.75, 3.05) is 6.54 Å². The third-order valence-electron chi connectivity index (χ3n) is 4.35. The number of nitrogens with two attached hydrogens (primary N) is 1. The summed E-state index contributed by atoms with van der Waals surface area (Å²) < 4.78 is 6.33. The van der Waals surface area contributed by atoms with Gasteiger partial charge in [-0.1, -0.05) is 19.8 Å². The van der Waals surface area contributed by atoms with Gasteiger partial charge in [-0.25, -0.2) is 0 Å². The van der Waals surface area contributed by atoms with Gasteiger partial charge in [0.2, 0.25) is 0 Å². The Morgan fingerprint density at radius 3 is 2.71 bits per heavy atom. The second kappa shape index (κ2) is 3.49. The number of hydrogen-bond acceptors (Lipinski definition) is 2. The highest BCUT2D eigenvalue weighted by Crippen LogP contribution is 2.51. The molecule has 1 saturated carbocycles. The van der Waals surface area contributed by atoms with Gasteiger partial charge in [-0.05, 0) is 38.5 Å². The summed E-state index contributed by atoms with van der Waals surface area (Å²) in [4.78, 5) is 0. The third kappa shape index (κ3) is 1.49. The predicted octanol–water partition coefficient (Wildman–Crippen LogP) is 2.46. The lowest BCUT2D eigenvalue weighted by atomic mass is 9.86. The van der Waals surface area contributed by atoms with Crippen molar-refractivity contribution in [2.45, 2.75) is 63.6 Å². The van der Waals surface area contributed by atoms with E-state index in [2.05, 4.69) is 13.8 Å². The molecule has 0 aromatic rings. The van der Waals surface area contributed by atoms with E-state index in [1.807, 2.05) is 0 Å². The maximum absolute atomic E-state index is 6.33. The summed E-state index contributed by atoms with van der Waals surface area (Å²) in [6.07, 6.45) is 7.62. The van der Waals surface area contributed by atoms with Crippen LogP contribution >= 0.6 is 0 Å². The minimum absolute atomic E-state index is 0.0300. The number of ether oxygens (including phenoxy) is 1. The van der Waals surface area contributed by atoms with Crippen molar-refractivity contribution in [3.63, 3.8) is 0 Å². The maximum Gasteiger partial charge on any atom is 0.0784 e. The van der Waals surface area contributed by atoms with Gasteiger partial charge in [-0.2, -0.15) is 0 Å². The molecule has 82 valence electrons. The van der Waals surface area contributed by atoms with E-state index in [1.54, 1.807) is 0 Å². The molecular formula is C12H23NO. The Balaban J connectivity index is 2.11. The van der Waals surface area contributed by atoms with E-state index >= 15 is 0 Å². The fourth-order valence-electron chi connectivity index (χ4n) is 3.37. The largest absolute Gasteiger partial charge is 0.367 e. The molecule has 3 atom stereocenters. The van der Waals surface area contributed by atoms with Gasteiger partial charge < -0.3 is 10.5 Å². The minimum Gasteiger partial charge on any atom is -0.367 e. The van der Waals surface area contributed by atoms with Crippen molar-refractivity contribution in [1.29, 1.82) is 0 Å². The molecule has 2 nitrogen and oxygen atoms in total. The summed E-state index contributed by atoms with van der Waals surface area (Å²) in [5.74, 6) is 0.788. The fraction of sp³-hybridized carbons (Fsp3) is 1.00. The molecule has 2 aliphatic rings. The summed E-state index contributed by atoms with van der Waals surface area (Å²) in [5.41, 5.74) is 5.96. The second-order valence-electron chi connectivity index (χ2n) is 5.32. The van der Waals surface area contributed by atoms with Crippen molar-refractivity contribution in [1.82, 2.24) is 0 Å². The van der Waals surface area contributed by atoms with Crippen molar-refractivity contribution < 1.29 is 4.74 Å². The highest BCUT2D eigenvalue weighted by atomic mass is 16.5. The molecule has 3 unspecified atom stereocenters. The molecule has 14 heavy (non-hydrogen) atoms. The van der Waals surface area contributed by atoms with Crippen LogP contribution in [0, 0.1) is 5.92 Å². The van der Waals surface area contributed by atoms with Crippen molar-refractivity contribution >= 4 is 0 Å². The normalized spacial score (nSPS) is 47.8. The molecule has 1 heterocycles. The number of hydrogen-bond donors (Lipinski definition) is 1. The van der Waals surface area contributed by atoms with Gasteiger partial charge >= 0.3 is 0 Å². The van der Waals surface area contributed by atoms with E-state index < -0.39 is 0 Å². The Morgan fingerprint density at radius 1 is 1.36 bits per heavy atom. The van der Waals surface area contributed by atoms with Gasteiger partial charge in [0.15, 0.2) is 0 Å². The molecule has 2 rings (SSSR count). The number of rotatable bonds is 2. The fourth-order valence-corrected chi connectivity index (χ4v) is 3.37. The van der Waals surface area contributed by atoms with E-state index in [-0.39, 0.29) is 11.2 Å². The Morgan fingerprint density at radius 2 is 2.14 bits per heavy atom. The summed E-state index contributed by atoms with van der Waals surface area (Å²) in [6.45, 7) is 5.14. The SMILES string of the molecule is CCC1CCCC12CCC(C)(CN)O2. The molecule has 0 aromatic carbocycles. The van der Waals surface area contributed by atoms with Crippen LogP contribution in [0.4, 0.5) is 0 Å². The van der Waals surface area contributed by atoms with E-state index in [4.69, 9.17) is 10.5 Å². The first-order valence-corrected chi connectivity index (χ1v) is 6.04. The van der Waals surface area contributed by atoms with Gasteiger partial charge in [0.1, 0.15) is 0 Å². The first-order chi connectivity index (χ1) is 6.64. The quantitative estimate of drug-likeness (QED) is 0.738. The van der Waals surface area contributed by atoms with Crippen LogP contribution in [0.3, 0.4) is 0 Å². The van der Waals surface area contributed by atoms with E-state index in [0.29, 0.717) is 6.54 Å². The molecule has 0 bridgehead atoms. The Labute approximate surface area is 87.2 Å². The average Bonchev–Trinajstić information content (AvgIpc) is 2.73. The Hall–Kier alpha value is -0.0800. The van der Waals surface area contributed by atoms with Crippen LogP contribution in [0.15, 0.2) is 0 Å². The zero-order valence-corrected chi connectivity index (χ0v) is 9.51. The zero-order valence-electron chi connectivity index (χ0n) is 9.51. The van der Waals surface area contributed by atoms with Crippen molar-refractivity contribution in [2.24, 2.45) is 11.7 Å². The lowest BCUT2D eigenvalue weighted by Crippen LogP contribution is -2.40. The van der Waals surface area contributed by atoms with Crippen LogP contribution in [-0.2, 0) is 4.74 Å². The Bertz CT molecular complexity index is 218. The molecule has 1 aliphatic carbocycles. The molecule has 1 saturated heterocycles. The molecule has 0 radical (unpaired) electrons. The second-order valence-corrected chi connectivity index (χ2v) is 5.32. The minimum atomic E-state index is -0.0300. The summed E-state index contributed by atoms with van der Waals surface area (Å²) in [6, 6.07) is 0. The van der Waals surface area contributed by atoms with Crippen molar-refractivity contribution in [3.8, 4) is 0 Å². The maximum atomic E-state index is 6.33. The highest BCUT2D eigenvalue weighted by Gasteiger charge is 2.51. The summed E-state index contributed by atoms with van der Waals surface area (Å²) in [5, 5.41) is 0. The van der Waals surface area contributed by atoms with Gasteiger partial charge in [0.25, 0.3) is 0 Å². The van der Waals surface area contributed by atoms with E-state index in [1.165, 1.54) is 32.1 Å². The van der Waals surface area contributed by atoms with Crippen LogP contribution in [0.1, 0.15) is 52.4 Å². The van der Waals surface area contributed by atoms with E-state index in [9.17, 15) is 0 Å². The van der Waals surface area contributed by atoms with Gasteiger partial charge in [0.05, 0.1) is 11.2 Å². The monoisotopic (exact) mass is 197 g/mol. The van der Waals surface area contributed by atoms with Crippen LogP contribution in [0.2, 0.25) is 0 Å². The van der Waals surface area contributed by atoms with Gasteiger partial charge in [0, 0.05) is 6.54 Å². The molecule has 1 aliphatic heterocycles. The van der Waals surface area contributed by atoms with Crippen LogP contribution in [-0.4, -0.2) is 17.7 Å². The molecule has 2 N–H and O–H groups in total. The highest BCUT2D eigenvalue weighted by molar-refractivity contribution is 5.02. The van der Waals surface area contributed by atoms with Crippen LogP contribution in [0.5, 0.6) is 0 Å². The summed E-state index contributed by atoms with van der Waals surface area (Å²) in [7, 11) is 0. The first-order valence-electron chi connectivity index (χ1n) is 6.04.